The summed E-state index contributed by atoms with van der Waals surface area (Å²) in [6, 6.07) is 9.17. The van der Waals surface area contributed by atoms with E-state index in [0.717, 1.165) is 18.8 Å². The van der Waals surface area contributed by atoms with Crippen molar-refractivity contribution in [2.75, 3.05) is 6.61 Å². The van der Waals surface area contributed by atoms with Gasteiger partial charge in [-0.15, -0.1) is 0 Å². The molecule has 146 valence electrons. The lowest BCUT2D eigenvalue weighted by Crippen LogP contribution is -3.00. The molecule has 1 atom stereocenters. The molecule has 0 radical (unpaired) electrons. The standard InChI is InChI=1S/C22H34N2O.HI/c1-3-5-6-7-8-9-10-21(24-18-17-23-19-24)14-11-20-12-15-22(16-13-20)25-4-2;/h12-13,15-19,21H,3-11,14H2,1-2H3;1H. The Labute approximate surface area is 176 Å². The quantitative estimate of drug-likeness (QED) is 0.272. The maximum Gasteiger partial charge on any atom is 0.241 e. The van der Waals surface area contributed by atoms with Crippen LogP contribution in [0.2, 0.25) is 0 Å². The second-order valence-electron chi connectivity index (χ2n) is 6.88. The number of hydrogen-bond donors (Lipinski definition) is 1. The highest BCUT2D eigenvalue weighted by atomic mass is 127. The number of nitrogens with zero attached hydrogens (tertiary/aromatic N) is 1. The normalized spacial score (nSPS) is 11.8. The smallest absolute Gasteiger partial charge is 0.241 e. The van der Waals surface area contributed by atoms with Crippen LogP contribution in [-0.2, 0) is 6.42 Å². The summed E-state index contributed by atoms with van der Waals surface area (Å²) in [6.45, 7) is 5.03. The van der Waals surface area contributed by atoms with Gasteiger partial charge in [0.2, 0.25) is 6.33 Å². The molecule has 4 heteroatoms. The molecule has 0 amide bonds. The molecule has 2 aromatic rings. The number of unbranched alkanes of at least 4 members (excludes halogenated alkanes) is 5. The van der Waals surface area contributed by atoms with Gasteiger partial charge in [-0.3, -0.25) is 4.98 Å². The molecular formula is C22H35IN2O. The van der Waals surface area contributed by atoms with E-state index in [9.17, 15) is 0 Å². The summed E-state index contributed by atoms with van der Waals surface area (Å²) < 4.78 is 7.88. The highest BCUT2D eigenvalue weighted by Gasteiger charge is 2.15. The topological polar surface area (TPSA) is 28.9 Å². The van der Waals surface area contributed by atoms with Gasteiger partial charge in [0.05, 0.1) is 6.61 Å². The summed E-state index contributed by atoms with van der Waals surface area (Å²) in [5.74, 6) is 0.967. The Bertz CT molecular complexity index is 554. The Morgan fingerprint density at radius 2 is 1.69 bits per heavy atom. The maximum absolute atomic E-state index is 5.53. The van der Waals surface area contributed by atoms with Gasteiger partial charge >= 0.3 is 0 Å². The SMILES string of the molecule is CCCCCCCCC(CCc1ccc(OCC)cc1)[n+]1cc[nH]c1.[I-]. The average Bonchev–Trinajstić information content (AvgIpc) is 3.16. The fourth-order valence-electron chi connectivity index (χ4n) is 3.38. The van der Waals surface area contributed by atoms with Gasteiger partial charge in [0.1, 0.15) is 24.2 Å². The van der Waals surface area contributed by atoms with E-state index in [1.807, 2.05) is 13.1 Å². The molecule has 0 fully saturated rings. The second-order valence-corrected chi connectivity index (χ2v) is 6.88. The number of benzene rings is 1. The number of rotatable bonds is 13. The lowest BCUT2D eigenvalue weighted by molar-refractivity contribution is -0.723. The predicted molar refractivity (Wildman–Crippen MR) is 104 cm³/mol. The fourth-order valence-corrected chi connectivity index (χ4v) is 3.38. The molecule has 1 aromatic heterocycles. The molecule has 1 unspecified atom stereocenters. The van der Waals surface area contributed by atoms with Crippen LogP contribution in [-0.4, -0.2) is 11.6 Å². The molecule has 0 saturated carbocycles. The zero-order valence-electron chi connectivity index (χ0n) is 16.4. The molecule has 1 N–H and O–H groups in total. The van der Waals surface area contributed by atoms with E-state index >= 15 is 0 Å². The number of halogens is 1. The summed E-state index contributed by atoms with van der Waals surface area (Å²) in [5, 5.41) is 0. The Balaban J connectivity index is 0.00000338. The van der Waals surface area contributed by atoms with Gasteiger partial charge in [0.25, 0.3) is 0 Å². The molecule has 0 aliphatic heterocycles. The molecule has 26 heavy (non-hydrogen) atoms. The molecule has 0 bridgehead atoms. The molecule has 3 nitrogen and oxygen atoms in total. The van der Waals surface area contributed by atoms with Crippen LogP contribution in [0.5, 0.6) is 5.75 Å². The number of nitrogens with one attached hydrogen (secondary N) is 1. The molecule has 2 rings (SSSR count). The monoisotopic (exact) mass is 470 g/mol. The zero-order valence-corrected chi connectivity index (χ0v) is 18.6. The third-order valence-corrected chi connectivity index (χ3v) is 4.88. The van der Waals surface area contributed by atoms with Crippen LogP contribution in [0.15, 0.2) is 43.0 Å². The van der Waals surface area contributed by atoms with E-state index < -0.39 is 0 Å². The summed E-state index contributed by atoms with van der Waals surface area (Å²) >= 11 is 0. The predicted octanol–water partition coefficient (Wildman–Crippen LogP) is 2.63. The highest BCUT2D eigenvalue weighted by molar-refractivity contribution is 5.27. The van der Waals surface area contributed by atoms with Crippen molar-refractivity contribution in [1.82, 2.24) is 4.98 Å². The van der Waals surface area contributed by atoms with Crippen molar-refractivity contribution in [2.24, 2.45) is 0 Å². The second kappa shape index (κ2) is 14.1. The lowest BCUT2D eigenvalue weighted by Gasteiger charge is -2.14. The number of H-pyrrole nitrogens is 1. The lowest BCUT2D eigenvalue weighted by atomic mass is 9.99. The van der Waals surface area contributed by atoms with Crippen molar-refractivity contribution in [3.63, 3.8) is 0 Å². The number of aromatic amines is 1. The van der Waals surface area contributed by atoms with Crippen molar-refractivity contribution in [3.8, 4) is 5.75 Å². The molecular weight excluding hydrogens is 435 g/mol. The van der Waals surface area contributed by atoms with E-state index in [4.69, 9.17) is 4.74 Å². The van der Waals surface area contributed by atoms with Crippen LogP contribution in [0.1, 0.15) is 76.8 Å². The first-order chi connectivity index (χ1) is 12.3. The molecule has 1 aromatic carbocycles. The molecule has 0 aliphatic rings. The number of aryl methyl sites for hydroxylation is 1. The Morgan fingerprint density at radius 3 is 2.35 bits per heavy atom. The summed E-state index contributed by atoms with van der Waals surface area (Å²) in [4.78, 5) is 3.19. The van der Waals surface area contributed by atoms with Gasteiger partial charge in [-0.05, 0) is 50.3 Å². The third-order valence-electron chi connectivity index (χ3n) is 4.88. The van der Waals surface area contributed by atoms with Crippen molar-refractivity contribution in [3.05, 3.63) is 48.5 Å². The maximum atomic E-state index is 5.53. The Kier molecular flexibility index (Phi) is 12.4. The van der Waals surface area contributed by atoms with Gasteiger partial charge in [-0.2, -0.15) is 0 Å². The van der Waals surface area contributed by atoms with Gasteiger partial charge < -0.3 is 28.7 Å². The number of aromatic nitrogens is 2. The largest absolute Gasteiger partial charge is 1.00 e. The van der Waals surface area contributed by atoms with Crippen molar-refractivity contribution < 1.29 is 33.3 Å². The van der Waals surface area contributed by atoms with Crippen LogP contribution >= 0.6 is 0 Å². The van der Waals surface area contributed by atoms with Crippen molar-refractivity contribution >= 4 is 0 Å². The first-order valence-corrected chi connectivity index (χ1v) is 10.1. The average molecular weight is 470 g/mol. The molecule has 0 aliphatic carbocycles. The highest BCUT2D eigenvalue weighted by Crippen LogP contribution is 2.19. The van der Waals surface area contributed by atoms with Gasteiger partial charge in [-0.1, -0.05) is 51.2 Å². The Morgan fingerprint density at radius 1 is 0.962 bits per heavy atom. The molecule has 1 heterocycles. The van der Waals surface area contributed by atoms with Crippen LogP contribution in [0.4, 0.5) is 0 Å². The van der Waals surface area contributed by atoms with Crippen LogP contribution in [0, 0.1) is 0 Å². The summed E-state index contributed by atoms with van der Waals surface area (Å²) in [5.41, 5.74) is 1.40. The van der Waals surface area contributed by atoms with Crippen molar-refractivity contribution in [1.29, 1.82) is 0 Å². The summed E-state index contributed by atoms with van der Waals surface area (Å²) in [7, 11) is 0. The van der Waals surface area contributed by atoms with E-state index in [-0.39, 0.29) is 24.0 Å². The van der Waals surface area contributed by atoms with Gasteiger partial charge in [-0.25, -0.2) is 4.57 Å². The molecule has 0 spiro atoms. The van der Waals surface area contributed by atoms with Gasteiger partial charge in [0, 0.05) is 0 Å². The fraction of sp³-hybridized carbons (Fsp3) is 0.591. The minimum atomic E-state index is 0. The minimum Gasteiger partial charge on any atom is -1.00 e. The first kappa shape index (κ1) is 23.0. The van der Waals surface area contributed by atoms with Crippen LogP contribution in [0.3, 0.4) is 0 Å². The minimum absolute atomic E-state index is 0. The van der Waals surface area contributed by atoms with E-state index in [2.05, 4.69) is 53.3 Å². The van der Waals surface area contributed by atoms with Gasteiger partial charge in [0.15, 0.2) is 0 Å². The van der Waals surface area contributed by atoms with E-state index in [1.165, 1.54) is 56.9 Å². The van der Waals surface area contributed by atoms with Crippen LogP contribution in [0.25, 0.3) is 0 Å². The number of imidazole rings is 1. The van der Waals surface area contributed by atoms with Crippen molar-refractivity contribution in [2.45, 2.75) is 77.7 Å². The first-order valence-electron chi connectivity index (χ1n) is 10.1. The van der Waals surface area contributed by atoms with E-state index in [1.54, 1.807) is 0 Å². The van der Waals surface area contributed by atoms with Crippen LogP contribution < -0.4 is 33.3 Å². The Hall–Kier alpha value is -1.04. The van der Waals surface area contributed by atoms with E-state index in [0.29, 0.717) is 6.04 Å². The molecule has 0 saturated heterocycles. The zero-order chi connectivity index (χ0) is 17.7. The number of ether oxygens (including phenoxy) is 1. The summed E-state index contributed by atoms with van der Waals surface area (Å²) in [6.07, 6.45) is 18.0. The number of hydrogen-bond acceptors (Lipinski definition) is 1. The third kappa shape index (κ3) is 8.56.